The fraction of sp³-hybridized carbons (Fsp3) is 0.125. The van der Waals surface area contributed by atoms with E-state index in [-0.39, 0.29) is 5.70 Å². The van der Waals surface area contributed by atoms with Crippen molar-refractivity contribution >= 4 is 66.7 Å². The third-order valence-electron chi connectivity index (χ3n) is 5.72. The summed E-state index contributed by atoms with van der Waals surface area (Å²) in [5, 5.41) is 5.46. The molecular formula is C24H20N6O2S2. The Morgan fingerprint density at radius 3 is 2.71 bits per heavy atom. The van der Waals surface area contributed by atoms with Crippen molar-refractivity contribution in [3.8, 4) is 0 Å². The molecule has 6 rings (SSSR count). The number of hydrogen-bond acceptors (Lipinski definition) is 8. The van der Waals surface area contributed by atoms with E-state index in [0.717, 1.165) is 44.7 Å². The van der Waals surface area contributed by atoms with Crippen LogP contribution < -0.4 is 26.4 Å². The van der Waals surface area contributed by atoms with Crippen LogP contribution in [0.25, 0.3) is 15.6 Å². The number of imide groups is 1. The van der Waals surface area contributed by atoms with Gasteiger partial charge in [-0.15, -0.1) is 11.3 Å². The zero-order valence-electron chi connectivity index (χ0n) is 17.9. The molecule has 2 aliphatic rings. The van der Waals surface area contributed by atoms with E-state index in [4.69, 9.17) is 0 Å². The number of anilines is 3. The van der Waals surface area contributed by atoms with E-state index in [1.165, 1.54) is 39.5 Å². The minimum Gasteiger partial charge on any atom is -0.367 e. The number of fused-ring (bicyclic) bond motifs is 2. The third-order valence-corrected chi connectivity index (χ3v) is 7.74. The third kappa shape index (κ3) is 4.09. The van der Waals surface area contributed by atoms with Gasteiger partial charge in [0, 0.05) is 23.7 Å². The summed E-state index contributed by atoms with van der Waals surface area (Å²) in [6, 6.07) is 18.5. The number of carbonyl (C=O) groups is 2. The van der Waals surface area contributed by atoms with Crippen LogP contribution in [0.15, 0.2) is 60.3 Å². The van der Waals surface area contributed by atoms with Crippen molar-refractivity contribution in [1.82, 2.24) is 15.6 Å². The lowest BCUT2D eigenvalue weighted by atomic mass is 10.1. The quantitative estimate of drug-likeness (QED) is 0.181. The first-order valence-corrected chi connectivity index (χ1v) is 12.4. The maximum Gasteiger partial charge on any atom is 0.326 e. The smallest absolute Gasteiger partial charge is 0.326 e. The maximum atomic E-state index is 11.7. The Labute approximate surface area is 203 Å². The first-order chi connectivity index (χ1) is 16.6. The molecule has 4 N–H and O–H groups in total. The van der Waals surface area contributed by atoms with Gasteiger partial charge in [-0.1, -0.05) is 41.7 Å². The summed E-state index contributed by atoms with van der Waals surface area (Å²) in [4.78, 5) is 31.7. The van der Waals surface area contributed by atoms with Gasteiger partial charge in [-0.25, -0.2) is 9.78 Å². The molecule has 0 radical (unpaired) electrons. The first kappa shape index (κ1) is 20.7. The summed E-state index contributed by atoms with van der Waals surface area (Å²) in [7, 11) is 0. The highest BCUT2D eigenvalue weighted by atomic mass is 32.1. The predicted octanol–water partition coefficient (Wildman–Crippen LogP) is 4.54. The number of carbonyl (C=O) groups excluding carboxylic acids is 2. The number of hydrogen-bond donors (Lipinski definition) is 4. The number of nitrogens with one attached hydrogen (secondary N) is 4. The van der Waals surface area contributed by atoms with E-state index >= 15 is 0 Å². The molecule has 2 aromatic heterocycles. The summed E-state index contributed by atoms with van der Waals surface area (Å²) in [5.41, 5.74) is 11.6. The molecule has 0 bridgehead atoms. The highest BCUT2D eigenvalue weighted by Gasteiger charge is 2.23. The minimum absolute atomic E-state index is 0.248. The number of thiophene rings is 1. The molecular weight excluding hydrogens is 468 g/mol. The number of hydrazine groups is 1. The van der Waals surface area contributed by atoms with Gasteiger partial charge in [-0.05, 0) is 47.9 Å². The van der Waals surface area contributed by atoms with Crippen molar-refractivity contribution in [2.45, 2.75) is 13.0 Å². The van der Waals surface area contributed by atoms with Crippen LogP contribution in [0.5, 0.6) is 0 Å². The van der Waals surface area contributed by atoms with Crippen LogP contribution in [0, 0.1) is 0 Å². The van der Waals surface area contributed by atoms with Crippen molar-refractivity contribution in [1.29, 1.82) is 0 Å². The Balaban J connectivity index is 1.11. The molecule has 2 aromatic carbocycles. The standard InChI is InChI=1S/C24H20N6O2S2/c31-21-18(25-23(32)26-21)11-17-12-20-22(33-17)27-24(34-20)29-28-16-6-7-19-15(10-16)8-9-30(19)13-14-4-2-1-3-5-14/h1-7,10-12,28H,8-9,13H2,(H,27,29)(H2,25,26,31,32)/b18-11+. The number of amides is 3. The largest absolute Gasteiger partial charge is 0.367 e. The number of urea groups is 1. The van der Waals surface area contributed by atoms with Crippen LogP contribution in [0.1, 0.15) is 16.0 Å². The van der Waals surface area contributed by atoms with Crippen molar-refractivity contribution < 1.29 is 9.59 Å². The van der Waals surface area contributed by atoms with Gasteiger partial charge in [0.2, 0.25) is 5.13 Å². The first-order valence-electron chi connectivity index (χ1n) is 10.8. The van der Waals surface area contributed by atoms with Crippen LogP contribution in [-0.4, -0.2) is 23.5 Å². The molecule has 0 spiro atoms. The van der Waals surface area contributed by atoms with Crippen molar-refractivity contribution in [2.24, 2.45) is 0 Å². The molecule has 0 atom stereocenters. The van der Waals surface area contributed by atoms with Crippen molar-refractivity contribution in [3.05, 3.63) is 76.3 Å². The van der Waals surface area contributed by atoms with Gasteiger partial charge in [0.25, 0.3) is 5.91 Å². The molecule has 8 nitrogen and oxygen atoms in total. The highest BCUT2D eigenvalue weighted by Crippen LogP contribution is 2.35. The molecule has 4 heterocycles. The van der Waals surface area contributed by atoms with Gasteiger partial charge >= 0.3 is 6.03 Å². The summed E-state index contributed by atoms with van der Waals surface area (Å²) in [6.45, 7) is 1.94. The van der Waals surface area contributed by atoms with E-state index in [1.807, 2.05) is 12.1 Å². The predicted molar refractivity (Wildman–Crippen MR) is 137 cm³/mol. The van der Waals surface area contributed by atoms with Gasteiger partial charge in [0.1, 0.15) is 10.5 Å². The van der Waals surface area contributed by atoms with E-state index in [1.54, 1.807) is 6.08 Å². The Kier molecular flexibility index (Phi) is 5.16. The Morgan fingerprint density at radius 1 is 1.03 bits per heavy atom. The van der Waals surface area contributed by atoms with Crippen LogP contribution in [0.4, 0.5) is 21.3 Å². The lowest BCUT2D eigenvalue weighted by Gasteiger charge is -2.20. The molecule has 4 aromatic rings. The summed E-state index contributed by atoms with van der Waals surface area (Å²) in [5.74, 6) is -0.418. The second-order valence-electron chi connectivity index (χ2n) is 8.05. The van der Waals surface area contributed by atoms with Gasteiger partial charge in [0.15, 0.2) is 0 Å². The van der Waals surface area contributed by atoms with E-state index in [9.17, 15) is 9.59 Å². The molecule has 34 heavy (non-hydrogen) atoms. The van der Waals surface area contributed by atoms with Gasteiger partial charge in [0.05, 0.1) is 10.4 Å². The molecule has 10 heteroatoms. The molecule has 0 unspecified atom stereocenters. The average molecular weight is 489 g/mol. The molecule has 1 saturated heterocycles. The molecule has 170 valence electrons. The number of rotatable bonds is 6. The second-order valence-corrected chi connectivity index (χ2v) is 10.1. The number of benzene rings is 2. The lowest BCUT2D eigenvalue weighted by Crippen LogP contribution is -2.22. The van der Waals surface area contributed by atoms with Crippen LogP contribution in [-0.2, 0) is 17.8 Å². The van der Waals surface area contributed by atoms with Crippen molar-refractivity contribution in [3.63, 3.8) is 0 Å². The molecule has 1 fully saturated rings. The molecule has 0 saturated carbocycles. The van der Waals surface area contributed by atoms with Gasteiger partial charge < -0.3 is 10.2 Å². The topological polar surface area (TPSA) is 98.4 Å². The maximum absolute atomic E-state index is 11.7. The second kappa shape index (κ2) is 8.47. The van der Waals surface area contributed by atoms with Crippen molar-refractivity contribution in [2.75, 3.05) is 22.3 Å². The van der Waals surface area contributed by atoms with E-state index in [0.29, 0.717) is 0 Å². The molecule has 3 amide bonds. The monoisotopic (exact) mass is 488 g/mol. The summed E-state index contributed by atoms with van der Waals surface area (Å²) in [6.07, 6.45) is 2.69. The van der Waals surface area contributed by atoms with Gasteiger partial charge in [-0.2, -0.15) is 0 Å². The van der Waals surface area contributed by atoms with Gasteiger partial charge in [-0.3, -0.25) is 21.0 Å². The minimum atomic E-state index is -0.499. The highest BCUT2D eigenvalue weighted by molar-refractivity contribution is 7.29. The lowest BCUT2D eigenvalue weighted by molar-refractivity contribution is -0.115. The molecule has 2 aliphatic heterocycles. The van der Waals surface area contributed by atoms with Crippen LogP contribution in [0.3, 0.4) is 0 Å². The SMILES string of the molecule is O=C1NC(=O)/C(=C\c2cc3sc(NNc4ccc5c(c4)CCN5Cc4ccccc4)nc3s2)N1. The fourth-order valence-electron chi connectivity index (χ4n) is 4.14. The zero-order chi connectivity index (χ0) is 23.1. The van der Waals surface area contributed by atoms with E-state index < -0.39 is 11.9 Å². The summed E-state index contributed by atoms with van der Waals surface area (Å²) >= 11 is 2.99. The number of thiazole rings is 1. The Hall–Kier alpha value is -3.89. The molecule has 0 aliphatic carbocycles. The van der Waals surface area contributed by atoms with Crippen LogP contribution in [0.2, 0.25) is 0 Å². The normalized spacial score (nSPS) is 16.1. The Bertz CT molecular complexity index is 1410. The fourth-order valence-corrected chi connectivity index (χ4v) is 6.17. The van der Waals surface area contributed by atoms with E-state index in [2.05, 4.69) is 73.8 Å². The number of nitrogens with zero attached hydrogens (tertiary/aromatic N) is 2. The number of aromatic nitrogens is 1. The van der Waals surface area contributed by atoms with Crippen LogP contribution >= 0.6 is 22.7 Å². The summed E-state index contributed by atoms with van der Waals surface area (Å²) < 4.78 is 1.01. The zero-order valence-corrected chi connectivity index (χ0v) is 19.6. The Morgan fingerprint density at radius 2 is 1.91 bits per heavy atom. The average Bonchev–Trinajstić information content (AvgIpc) is 3.57.